The number of hydrogen-bond acceptors (Lipinski definition) is 2. The molecule has 0 radical (unpaired) electrons. The fraction of sp³-hybridized carbons (Fsp3) is 0.632. The van der Waals surface area contributed by atoms with Crippen LogP contribution in [-0.2, 0) is 6.54 Å². The van der Waals surface area contributed by atoms with Crippen LogP contribution in [0, 0.1) is 12.8 Å². The van der Waals surface area contributed by atoms with Crippen LogP contribution in [0.15, 0.2) is 29.3 Å². The molecule has 0 aliphatic carbocycles. The summed E-state index contributed by atoms with van der Waals surface area (Å²) in [5.41, 5.74) is 2.63. The second kappa shape index (κ2) is 10.9. The van der Waals surface area contributed by atoms with E-state index in [1.54, 1.807) is 0 Å². The van der Waals surface area contributed by atoms with Crippen molar-refractivity contribution in [1.29, 1.82) is 0 Å². The highest BCUT2D eigenvalue weighted by atomic mass is 127. The van der Waals surface area contributed by atoms with E-state index in [1.807, 2.05) is 7.05 Å². The molecule has 136 valence electrons. The number of nitrogens with zero attached hydrogens (tertiary/aromatic N) is 2. The van der Waals surface area contributed by atoms with Crippen molar-refractivity contribution in [3.63, 3.8) is 0 Å². The molecule has 0 aromatic heterocycles. The maximum Gasteiger partial charge on any atom is 0.191 e. The standard InChI is InChI=1S/C19H32N4.HI/c1-15(2)18(23-11-7-8-12-23)14-22-19(20-4)21-13-17-10-6-5-9-16(17)3;/h5-6,9-10,15,18H,7-8,11-14H2,1-4H3,(H2,20,21,22);1H. The van der Waals surface area contributed by atoms with Crippen molar-refractivity contribution < 1.29 is 0 Å². The highest BCUT2D eigenvalue weighted by Gasteiger charge is 2.24. The number of rotatable bonds is 6. The lowest BCUT2D eigenvalue weighted by Crippen LogP contribution is -2.48. The molecule has 1 aromatic rings. The van der Waals surface area contributed by atoms with E-state index in [1.165, 1.54) is 37.1 Å². The molecule has 1 atom stereocenters. The lowest BCUT2D eigenvalue weighted by molar-refractivity contribution is 0.192. The predicted octanol–water partition coefficient (Wildman–Crippen LogP) is 3.40. The van der Waals surface area contributed by atoms with Crippen molar-refractivity contribution in [2.24, 2.45) is 10.9 Å². The molecule has 0 saturated carbocycles. The van der Waals surface area contributed by atoms with Crippen molar-refractivity contribution >= 4 is 29.9 Å². The van der Waals surface area contributed by atoms with Crippen LogP contribution < -0.4 is 10.6 Å². The van der Waals surface area contributed by atoms with Gasteiger partial charge in [-0.3, -0.25) is 9.89 Å². The van der Waals surface area contributed by atoms with Gasteiger partial charge >= 0.3 is 0 Å². The molecule has 4 nitrogen and oxygen atoms in total. The van der Waals surface area contributed by atoms with Gasteiger partial charge in [-0.2, -0.15) is 0 Å². The molecular weight excluding hydrogens is 411 g/mol. The van der Waals surface area contributed by atoms with E-state index >= 15 is 0 Å². The SMILES string of the molecule is CN=C(NCc1ccccc1C)NCC(C(C)C)N1CCCC1.I. The van der Waals surface area contributed by atoms with Crippen LogP contribution >= 0.6 is 24.0 Å². The van der Waals surface area contributed by atoms with Crippen molar-refractivity contribution in [3.05, 3.63) is 35.4 Å². The Bertz CT molecular complexity index is 510. The zero-order valence-corrected chi connectivity index (χ0v) is 17.8. The third kappa shape index (κ3) is 6.24. The summed E-state index contributed by atoms with van der Waals surface area (Å²) >= 11 is 0. The van der Waals surface area contributed by atoms with Gasteiger partial charge in [0.05, 0.1) is 0 Å². The first-order chi connectivity index (χ1) is 11.1. The highest BCUT2D eigenvalue weighted by Crippen LogP contribution is 2.17. The number of guanidine groups is 1. The maximum absolute atomic E-state index is 4.37. The van der Waals surface area contributed by atoms with Crippen LogP contribution in [0.25, 0.3) is 0 Å². The molecule has 0 amide bonds. The summed E-state index contributed by atoms with van der Waals surface area (Å²) < 4.78 is 0. The number of benzene rings is 1. The smallest absolute Gasteiger partial charge is 0.191 e. The van der Waals surface area contributed by atoms with Crippen LogP contribution in [-0.4, -0.2) is 43.6 Å². The molecule has 1 aromatic carbocycles. The summed E-state index contributed by atoms with van der Waals surface area (Å²) in [6, 6.07) is 9.05. The Balaban J connectivity index is 0.00000288. The topological polar surface area (TPSA) is 39.7 Å². The second-order valence-electron chi connectivity index (χ2n) is 6.79. The van der Waals surface area contributed by atoms with E-state index in [2.05, 4.69) is 65.6 Å². The number of aryl methyl sites for hydroxylation is 1. The van der Waals surface area contributed by atoms with E-state index in [0.29, 0.717) is 12.0 Å². The average Bonchev–Trinajstić information content (AvgIpc) is 3.05. The summed E-state index contributed by atoms with van der Waals surface area (Å²) in [6.45, 7) is 11.0. The molecule has 1 aliphatic heterocycles. The van der Waals surface area contributed by atoms with Gasteiger partial charge in [0.15, 0.2) is 5.96 Å². The van der Waals surface area contributed by atoms with Gasteiger partial charge in [0.25, 0.3) is 0 Å². The molecule has 5 heteroatoms. The first-order valence-corrected chi connectivity index (χ1v) is 8.85. The van der Waals surface area contributed by atoms with Gasteiger partial charge in [0.1, 0.15) is 0 Å². The van der Waals surface area contributed by atoms with Crippen molar-refractivity contribution in [3.8, 4) is 0 Å². The van der Waals surface area contributed by atoms with Crippen molar-refractivity contribution in [1.82, 2.24) is 15.5 Å². The van der Waals surface area contributed by atoms with E-state index in [4.69, 9.17) is 0 Å². The van der Waals surface area contributed by atoms with Gasteiger partial charge in [0, 0.05) is 26.2 Å². The van der Waals surface area contributed by atoms with Gasteiger partial charge < -0.3 is 10.6 Å². The van der Waals surface area contributed by atoms with Crippen LogP contribution in [0.4, 0.5) is 0 Å². The van der Waals surface area contributed by atoms with Crippen LogP contribution in [0.1, 0.15) is 37.8 Å². The van der Waals surface area contributed by atoms with E-state index in [9.17, 15) is 0 Å². The summed E-state index contributed by atoms with van der Waals surface area (Å²) in [4.78, 5) is 6.98. The lowest BCUT2D eigenvalue weighted by Gasteiger charge is -2.31. The van der Waals surface area contributed by atoms with Crippen molar-refractivity contribution in [2.75, 3.05) is 26.7 Å². The summed E-state index contributed by atoms with van der Waals surface area (Å²) in [7, 11) is 1.84. The molecule has 1 saturated heterocycles. The van der Waals surface area contributed by atoms with Gasteiger partial charge in [-0.05, 0) is 49.9 Å². The third-order valence-corrected chi connectivity index (χ3v) is 4.79. The number of likely N-dealkylation sites (tertiary alicyclic amines) is 1. The minimum atomic E-state index is 0. The maximum atomic E-state index is 4.37. The molecular formula is C19H33IN4. The first kappa shape index (κ1) is 21.2. The van der Waals surface area contributed by atoms with Gasteiger partial charge in [-0.15, -0.1) is 24.0 Å². The predicted molar refractivity (Wildman–Crippen MR) is 114 cm³/mol. The number of nitrogens with one attached hydrogen (secondary N) is 2. The molecule has 1 fully saturated rings. The second-order valence-corrected chi connectivity index (χ2v) is 6.79. The number of hydrogen-bond donors (Lipinski definition) is 2. The minimum Gasteiger partial charge on any atom is -0.355 e. The van der Waals surface area contributed by atoms with E-state index in [-0.39, 0.29) is 24.0 Å². The molecule has 24 heavy (non-hydrogen) atoms. The first-order valence-electron chi connectivity index (χ1n) is 8.85. The van der Waals surface area contributed by atoms with Crippen LogP contribution in [0.2, 0.25) is 0 Å². The molecule has 1 aliphatic rings. The minimum absolute atomic E-state index is 0. The fourth-order valence-corrected chi connectivity index (χ4v) is 3.27. The highest BCUT2D eigenvalue weighted by molar-refractivity contribution is 14.0. The molecule has 2 rings (SSSR count). The quantitative estimate of drug-likeness (QED) is 0.402. The normalized spacial score (nSPS) is 16.8. The Morgan fingerprint density at radius 3 is 2.42 bits per heavy atom. The fourth-order valence-electron chi connectivity index (χ4n) is 3.27. The zero-order valence-electron chi connectivity index (χ0n) is 15.5. The molecule has 0 spiro atoms. The Hall–Kier alpha value is -0.820. The number of halogens is 1. The summed E-state index contributed by atoms with van der Waals surface area (Å²) in [6.07, 6.45) is 2.67. The Kier molecular flexibility index (Phi) is 9.66. The largest absolute Gasteiger partial charge is 0.355 e. The van der Waals surface area contributed by atoms with Gasteiger partial charge in [0.2, 0.25) is 0 Å². The van der Waals surface area contributed by atoms with Crippen LogP contribution in [0.5, 0.6) is 0 Å². The monoisotopic (exact) mass is 444 g/mol. The molecule has 2 N–H and O–H groups in total. The molecule has 0 bridgehead atoms. The van der Waals surface area contributed by atoms with Crippen molar-refractivity contribution in [2.45, 2.75) is 46.2 Å². The van der Waals surface area contributed by atoms with Gasteiger partial charge in [-0.25, -0.2) is 0 Å². The van der Waals surface area contributed by atoms with E-state index < -0.39 is 0 Å². The van der Waals surface area contributed by atoms with Gasteiger partial charge in [-0.1, -0.05) is 38.1 Å². The molecule has 1 heterocycles. The molecule has 1 unspecified atom stereocenters. The Morgan fingerprint density at radius 1 is 1.17 bits per heavy atom. The van der Waals surface area contributed by atoms with Crippen LogP contribution in [0.3, 0.4) is 0 Å². The zero-order chi connectivity index (χ0) is 16.7. The lowest BCUT2D eigenvalue weighted by atomic mass is 10.0. The third-order valence-electron chi connectivity index (χ3n) is 4.79. The number of aliphatic imine (C=N–C) groups is 1. The van der Waals surface area contributed by atoms with E-state index in [0.717, 1.165) is 19.0 Å². The average molecular weight is 444 g/mol. The summed E-state index contributed by atoms with van der Waals surface area (Å²) in [5, 5.41) is 6.95. The Labute approximate surface area is 164 Å². The Morgan fingerprint density at radius 2 is 1.83 bits per heavy atom. The summed E-state index contributed by atoms with van der Waals surface area (Å²) in [5.74, 6) is 1.54.